The Bertz CT molecular complexity index is 3270. The van der Waals surface area contributed by atoms with Gasteiger partial charge in [0.1, 0.15) is 139 Å². The molecule has 2 aliphatic heterocycles. The normalized spacial score (nSPS) is 19.3. The molecule has 4 unspecified atom stereocenters. The number of alkyl carbamates (subject to hydrolysis) is 8. The lowest BCUT2D eigenvalue weighted by atomic mass is 9.90. The molecule has 0 spiro atoms. The highest BCUT2D eigenvalue weighted by Gasteiger charge is 2.52. The minimum absolute atomic E-state index is 0.0832. The smallest absolute Gasteiger partial charge is 0.407 e. The minimum Gasteiger partial charge on any atom is -0.464 e. The molecule has 47 nitrogen and oxygen atoms in total. The summed E-state index contributed by atoms with van der Waals surface area (Å²) in [7, 11) is 7.38. The van der Waals surface area contributed by atoms with Crippen LogP contribution in [0.5, 0.6) is 0 Å². The first-order chi connectivity index (χ1) is 60.2. The summed E-state index contributed by atoms with van der Waals surface area (Å²) in [4.78, 5) is 155. The number of hydrogen-bond acceptors (Lipinski definition) is 38. The number of carbonyl (C=O) groups excluding carboxylic acids is 11. The van der Waals surface area contributed by atoms with Gasteiger partial charge in [0.2, 0.25) is 0 Å². The summed E-state index contributed by atoms with van der Waals surface area (Å²) in [5.41, 5.74) is -9.37. The lowest BCUT2D eigenvalue weighted by Gasteiger charge is -2.45. The van der Waals surface area contributed by atoms with Crippen LogP contribution in [0.25, 0.3) is 0 Å². The lowest BCUT2D eigenvalue weighted by Crippen LogP contribution is -2.63. The van der Waals surface area contributed by atoms with E-state index < -0.39 is 226 Å². The average Bonchev–Trinajstić information content (AvgIpc) is 1.77. The third-order valence-corrected chi connectivity index (χ3v) is 19.2. The summed E-state index contributed by atoms with van der Waals surface area (Å²) in [6.07, 6.45) is -18.9. The highest BCUT2D eigenvalue weighted by Crippen LogP contribution is 2.34. The fraction of sp³-hybridized carbons (Fsp3) is 0.841. The Morgan fingerprint density at radius 2 is 0.628 bits per heavy atom. The zero-order chi connectivity index (χ0) is 97.1. The van der Waals surface area contributed by atoms with Gasteiger partial charge >= 0.3 is 66.7 Å². The molecule has 1 aromatic heterocycles. The van der Waals surface area contributed by atoms with Gasteiger partial charge in [-0.25, -0.2) is 43.0 Å². The molecule has 0 aromatic carbocycles. The van der Waals surface area contributed by atoms with Gasteiger partial charge in [0, 0.05) is 52.4 Å². The number of amides is 8. The zero-order valence-electron chi connectivity index (χ0n) is 78.7. The van der Waals surface area contributed by atoms with Crippen LogP contribution >= 0.6 is 0 Å². The van der Waals surface area contributed by atoms with Gasteiger partial charge in [0.25, 0.3) is 0 Å². The van der Waals surface area contributed by atoms with E-state index in [0.29, 0.717) is 130 Å². The quantitative estimate of drug-likeness (QED) is 0.0246. The van der Waals surface area contributed by atoms with E-state index in [-0.39, 0.29) is 31.9 Å². The lowest BCUT2D eigenvalue weighted by molar-refractivity contribution is -0.347. The molecule has 47 heteroatoms. The first kappa shape index (κ1) is 114. The van der Waals surface area contributed by atoms with Crippen molar-refractivity contribution >= 4 is 66.7 Å². The Labute approximate surface area is 755 Å². The second-order valence-corrected chi connectivity index (χ2v) is 36.9. The molecule has 2 fully saturated rings. The highest BCUT2D eigenvalue weighted by molar-refractivity contribution is 5.82. The maximum atomic E-state index is 14.9. The predicted octanol–water partition coefficient (Wildman–Crippen LogP) is 1.07. The standard InChI is InChI=1S/C82H149N15O32/c1-76(2,3)126-72(112)87-32-24-40-93(16)36-20-28-83-68(108)119-50-81(14,51-120-69(109)84-29-21-37-94(17)41-25-33-88-73(113)127-77(4,5)6)66(106)117-48-80(13,65(105)116-47-54-44-97(92-91-54)63-60(103)59(102)62(56(46-99)123-63)125-64-61(104)58(101)57(100)55(45-98)124-64)49-118-67(107)82(15,52-121-70(110)85-30-22-38-95(18)42-26-34-89-74(114)128-78(7,8)9)53-122-71(111)86-31-23-39-96(19)43-27-35-90-75(115)129-79(10,11)12/h44,55-64,98-104H,20-43,45-53H2,1-19H3,(H,83,108)(H,84,109)(H,85,110)(H,86,111)(H,87,112)(H,88,113)(H,89,114)(H,90,115)/t55?,56?,57-,58-,59+,60?,61?,62+,63+,64-/m0/s1. The van der Waals surface area contributed by atoms with Gasteiger partial charge in [0.15, 0.2) is 12.5 Å². The van der Waals surface area contributed by atoms with Crippen LogP contribution in [-0.4, -0.2) is 400 Å². The monoisotopic (exact) mass is 1860 g/mol. The van der Waals surface area contributed by atoms with E-state index in [4.69, 9.17) is 66.3 Å². The maximum Gasteiger partial charge on any atom is 0.407 e. The second kappa shape index (κ2) is 56.1. The van der Waals surface area contributed by atoms with E-state index in [1.165, 1.54) is 13.8 Å². The van der Waals surface area contributed by atoms with Crippen molar-refractivity contribution in [2.24, 2.45) is 16.2 Å². The van der Waals surface area contributed by atoms with Crippen LogP contribution in [-0.2, 0) is 87.3 Å². The van der Waals surface area contributed by atoms with E-state index in [1.807, 2.05) is 47.8 Å². The fourth-order valence-electron chi connectivity index (χ4n) is 12.0. The molecular formula is C82H149N15O32. The fourth-order valence-corrected chi connectivity index (χ4v) is 12.0. The first-order valence-corrected chi connectivity index (χ1v) is 43.4. The summed E-state index contributed by atoms with van der Waals surface area (Å²) < 4.78 is 78.9. The van der Waals surface area contributed by atoms with Crippen LogP contribution in [0, 0.1) is 16.2 Å². The van der Waals surface area contributed by atoms with E-state index in [0.717, 1.165) is 17.8 Å². The largest absolute Gasteiger partial charge is 0.464 e. The van der Waals surface area contributed by atoms with Crippen molar-refractivity contribution in [3.8, 4) is 0 Å². The zero-order valence-corrected chi connectivity index (χ0v) is 78.7. The number of esters is 3. The molecule has 0 aliphatic carbocycles. The summed E-state index contributed by atoms with van der Waals surface area (Å²) in [5, 5.41) is 104. The summed E-state index contributed by atoms with van der Waals surface area (Å²) in [6.45, 7) is 22.7. The van der Waals surface area contributed by atoms with E-state index in [2.05, 4.69) is 52.8 Å². The van der Waals surface area contributed by atoms with Crippen LogP contribution in [0.2, 0.25) is 0 Å². The van der Waals surface area contributed by atoms with Gasteiger partial charge in [-0.3, -0.25) is 14.4 Å². The number of aliphatic hydroxyl groups excluding tert-OH is 7. The molecule has 3 rings (SSSR count). The average molecular weight is 1860 g/mol. The number of hydrogen-bond donors (Lipinski definition) is 15. The Morgan fingerprint density at radius 3 is 0.907 bits per heavy atom. The van der Waals surface area contributed by atoms with Gasteiger partial charge in [0.05, 0.1) is 19.4 Å². The van der Waals surface area contributed by atoms with Crippen LogP contribution in [0.15, 0.2) is 6.20 Å². The summed E-state index contributed by atoms with van der Waals surface area (Å²) >= 11 is 0. The first-order valence-electron chi connectivity index (χ1n) is 43.4. The predicted molar refractivity (Wildman–Crippen MR) is 459 cm³/mol. The number of aliphatic hydroxyl groups is 7. The number of aromatic nitrogens is 3. The minimum atomic E-state index is -2.31. The third kappa shape index (κ3) is 46.7. The van der Waals surface area contributed by atoms with E-state index in [9.17, 15) is 88.5 Å². The molecular weight excluding hydrogens is 1710 g/mol. The van der Waals surface area contributed by atoms with Crippen LogP contribution in [0.1, 0.15) is 167 Å². The number of nitrogens with zero attached hydrogens (tertiary/aromatic N) is 7. The van der Waals surface area contributed by atoms with Crippen molar-refractivity contribution in [2.45, 2.75) is 246 Å². The Balaban J connectivity index is 2.00. The Kier molecular flexibility index (Phi) is 49.7. The number of rotatable bonds is 54. The maximum absolute atomic E-state index is 14.9. The molecule has 2 saturated heterocycles. The molecule has 0 saturated carbocycles. The van der Waals surface area contributed by atoms with Crippen molar-refractivity contribution in [1.82, 2.24) is 77.1 Å². The van der Waals surface area contributed by atoms with Crippen molar-refractivity contribution in [3.05, 3.63) is 11.9 Å². The Hall–Kier alpha value is -8.85. The van der Waals surface area contributed by atoms with Crippen LogP contribution in [0.3, 0.4) is 0 Å². The SMILES string of the molecule is CN(CCCNC(=O)OCC(C)(COC(=O)NCCCN(C)CCCNC(=O)OC(C)(C)C)C(=O)OCC(C)(COC(=O)C(C)(COC(=O)NCCCN(C)CCCNC(=O)OC(C)(C)C)COC(=O)NCCCN(C)CCCNC(=O)OC(C)(C)C)C(=O)OCc1cn([C@@H]2OC(CO)[C@@H](O[C@@H]3OC(CO)[C@H](O)[C@H](O)C3O)[C@H](O)C2O)nn1)CCCNC(=O)OC(C)(C)C. The molecule has 15 N–H and O–H groups in total. The van der Waals surface area contributed by atoms with Gasteiger partial charge < -0.3 is 164 Å². The van der Waals surface area contributed by atoms with Crippen LogP contribution < -0.4 is 42.5 Å². The topological polar surface area (TPSA) is 599 Å². The van der Waals surface area contributed by atoms with Gasteiger partial charge in [-0.15, -0.1) is 5.10 Å². The number of carbonyl (C=O) groups is 11. The second-order valence-electron chi connectivity index (χ2n) is 36.9. The molecule has 0 bridgehead atoms. The Morgan fingerprint density at radius 1 is 0.357 bits per heavy atom. The third-order valence-electron chi connectivity index (χ3n) is 19.2. The summed E-state index contributed by atoms with van der Waals surface area (Å²) in [5.74, 6) is -3.78. The van der Waals surface area contributed by atoms with Crippen molar-refractivity contribution in [3.63, 3.8) is 0 Å². The van der Waals surface area contributed by atoms with Crippen molar-refractivity contribution in [2.75, 3.05) is 186 Å². The summed E-state index contributed by atoms with van der Waals surface area (Å²) in [6, 6.07) is 0. The van der Waals surface area contributed by atoms with Gasteiger partial charge in [-0.2, -0.15) is 0 Å². The highest BCUT2D eigenvalue weighted by atomic mass is 16.7. The van der Waals surface area contributed by atoms with Crippen molar-refractivity contribution in [1.29, 1.82) is 0 Å². The molecule has 129 heavy (non-hydrogen) atoms. The van der Waals surface area contributed by atoms with Gasteiger partial charge in [-0.1, -0.05) is 5.21 Å². The van der Waals surface area contributed by atoms with Gasteiger partial charge in [-0.05, 0) is 236 Å². The molecule has 8 amide bonds. The van der Waals surface area contributed by atoms with Crippen LogP contribution in [0.4, 0.5) is 38.4 Å². The molecule has 3 heterocycles. The van der Waals surface area contributed by atoms with E-state index in [1.54, 1.807) is 83.1 Å². The molecule has 744 valence electrons. The van der Waals surface area contributed by atoms with E-state index >= 15 is 0 Å². The number of nitrogens with one attached hydrogen (secondary N) is 8. The molecule has 10 atom stereocenters. The molecule has 2 aliphatic rings. The molecule has 1 aromatic rings. The van der Waals surface area contributed by atoms with Crippen molar-refractivity contribution < 1.29 is 155 Å². The molecule has 0 radical (unpaired) electrons. The number of ether oxygens (including phenoxy) is 14.